The van der Waals surface area contributed by atoms with Crippen LogP contribution in [0.25, 0.3) is 11.3 Å². The fraction of sp³-hybridized carbons (Fsp3) is 0.100. The minimum absolute atomic E-state index is 0.0341. The van der Waals surface area contributed by atoms with Crippen molar-refractivity contribution < 1.29 is 14.2 Å². The number of ether oxygens (including phenoxy) is 3. The SMILES string of the molecule is N#CC1=C(N)Oc2n[nH]c(-c3ccc(Cl)cc3)c2C1c1ccc2c(c1)OCO2. The third-order valence-corrected chi connectivity index (χ3v) is 5.05. The van der Waals surface area contributed by atoms with Crippen LogP contribution < -0.4 is 19.9 Å². The zero-order valence-electron chi connectivity index (χ0n) is 14.4. The molecule has 0 aliphatic carbocycles. The molecular weight excluding hydrogens is 380 g/mol. The van der Waals surface area contributed by atoms with E-state index in [-0.39, 0.29) is 12.7 Å². The van der Waals surface area contributed by atoms with Crippen LogP contribution in [0, 0.1) is 11.3 Å². The molecule has 3 heterocycles. The molecule has 7 nitrogen and oxygen atoms in total. The van der Waals surface area contributed by atoms with Gasteiger partial charge in [-0.05, 0) is 29.8 Å². The highest BCUT2D eigenvalue weighted by Gasteiger charge is 2.36. The number of fused-ring (bicyclic) bond motifs is 2. The maximum atomic E-state index is 9.78. The quantitative estimate of drug-likeness (QED) is 0.689. The maximum absolute atomic E-state index is 9.78. The predicted molar refractivity (Wildman–Crippen MR) is 101 cm³/mol. The molecule has 0 saturated heterocycles. The summed E-state index contributed by atoms with van der Waals surface area (Å²) in [4.78, 5) is 0. The van der Waals surface area contributed by atoms with Gasteiger partial charge < -0.3 is 19.9 Å². The molecule has 0 radical (unpaired) electrons. The van der Waals surface area contributed by atoms with Crippen LogP contribution in [0.1, 0.15) is 17.0 Å². The van der Waals surface area contributed by atoms with Gasteiger partial charge in [-0.25, -0.2) is 0 Å². The lowest BCUT2D eigenvalue weighted by Crippen LogP contribution is -2.21. The van der Waals surface area contributed by atoms with Gasteiger partial charge in [0.1, 0.15) is 11.6 Å². The second-order valence-corrected chi connectivity index (χ2v) is 6.80. The van der Waals surface area contributed by atoms with Crippen LogP contribution >= 0.6 is 11.6 Å². The largest absolute Gasteiger partial charge is 0.454 e. The second kappa shape index (κ2) is 6.22. The predicted octanol–water partition coefficient (Wildman–Crippen LogP) is 3.68. The molecule has 28 heavy (non-hydrogen) atoms. The summed E-state index contributed by atoms with van der Waals surface area (Å²) in [6.07, 6.45) is 0. The zero-order chi connectivity index (χ0) is 19.3. The summed E-state index contributed by atoms with van der Waals surface area (Å²) in [5.74, 6) is 1.19. The van der Waals surface area contributed by atoms with Gasteiger partial charge in [0.2, 0.25) is 18.6 Å². The summed E-state index contributed by atoms with van der Waals surface area (Å²) in [5, 5.41) is 17.7. The molecule has 0 amide bonds. The van der Waals surface area contributed by atoms with Crippen molar-refractivity contribution in [3.63, 3.8) is 0 Å². The Labute approximate surface area is 164 Å². The second-order valence-electron chi connectivity index (χ2n) is 6.36. The number of halogens is 1. The molecule has 3 aromatic rings. The molecule has 8 heteroatoms. The molecular formula is C20H13ClN4O3. The van der Waals surface area contributed by atoms with Gasteiger partial charge in [-0.3, -0.25) is 5.10 Å². The van der Waals surface area contributed by atoms with Gasteiger partial charge in [-0.15, -0.1) is 5.10 Å². The molecule has 1 atom stereocenters. The van der Waals surface area contributed by atoms with Gasteiger partial charge in [0.25, 0.3) is 0 Å². The number of benzene rings is 2. The lowest BCUT2D eigenvalue weighted by Gasteiger charge is -2.24. The average Bonchev–Trinajstić information content (AvgIpc) is 3.33. The summed E-state index contributed by atoms with van der Waals surface area (Å²) in [6.45, 7) is 0.169. The highest BCUT2D eigenvalue weighted by molar-refractivity contribution is 6.30. The van der Waals surface area contributed by atoms with Crippen molar-refractivity contribution in [2.75, 3.05) is 6.79 Å². The van der Waals surface area contributed by atoms with Crippen LogP contribution in [0.15, 0.2) is 53.9 Å². The Bertz CT molecular complexity index is 1160. The van der Waals surface area contributed by atoms with Crippen molar-refractivity contribution in [1.82, 2.24) is 10.2 Å². The summed E-state index contributed by atoms with van der Waals surface area (Å²) >= 11 is 6.02. The maximum Gasteiger partial charge on any atom is 0.244 e. The average molecular weight is 393 g/mol. The van der Waals surface area contributed by atoms with Crippen molar-refractivity contribution in [1.29, 1.82) is 5.26 Å². The van der Waals surface area contributed by atoms with Crippen LogP contribution in [0.5, 0.6) is 17.4 Å². The lowest BCUT2D eigenvalue weighted by molar-refractivity contribution is 0.174. The van der Waals surface area contributed by atoms with Gasteiger partial charge in [-0.2, -0.15) is 5.26 Å². The van der Waals surface area contributed by atoms with E-state index in [1.807, 2.05) is 30.3 Å². The van der Waals surface area contributed by atoms with E-state index in [2.05, 4.69) is 16.3 Å². The first-order valence-electron chi connectivity index (χ1n) is 8.47. The molecule has 1 aromatic heterocycles. The van der Waals surface area contributed by atoms with Gasteiger partial charge in [0.15, 0.2) is 11.5 Å². The molecule has 138 valence electrons. The number of aromatic nitrogens is 2. The molecule has 0 fully saturated rings. The van der Waals surface area contributed by atoms with Gasteiger partial charge in [0, 0.05) is 10.6 Å². The van der Waals surface area contributed by atoms with Crippen molar-refractivity contribution >= 4 is 11.6 Å². The Balaban J connectivity index is 1.71. The van der Waals surface area contributed by atoms with E-state index in [9.17, 15) is 5.26 Å². The standard InChI is InChI=1S/C20H13ClN4O3/c21-12-4-1-10(2-5-12)18-17-16(11-3-6-14-15(7-11)27-9-26-14)13(8-22)19(23)28-20(17)25-24-18/h1-7,16H,9,23H2,(H,24,25). The smallest absolute Gasteiger partial charge is 0.244 e. The van der Waals surface area contributed by atoms with E-state index >= 15 is 0 Å². The summed E-state index contributed by atoms with van der Waals surface area (Å²) in [5.41, 5.74) is 9.48. The number of nitriles is 1. The Hall–Kier alpha value is -3.63. The van der Waals surface area contributed by atoms with Gasteiger partial charge in [-0.1, -0.05) is 29.8 Å². The molecule has 2 aliphatic heterocycles. The first-order valence-corrected chi connectivity index (χ1v) is 8.85. The molecule has 3 N–H and O–H groups in total. The first kappa shape index (κ1) is 16.5. The van der Waals surface area contributed by atoms with Crippen LogP contribution in [0.4, 0.5) is 0 Å². The van der Waals surface area contributed by atoms with E-state index in [1.54, 1.807) is 12.1 Å². The Morgan fingerprint density at radius 2 is 1.93 bits per heavy atom. The third kappa shape index (κ3) is 2.47. The molecule has 5 rings (SSSR count). The van der Waals surface area contributed by atoms with Crippen LogP contribution in [0.2, 0.25) is 5.02 Å². The van der Waals surface area contributed by atoms with Crippen molar-refractivity contribution in [2.45, 2.75) is 5.92 Å². The minimum Gasteiger partial charge on any atom is -0.454 e. The summed E-state index contributed by atoms with van der Waals surface area (Å²) < 4.78 is 16.5. The van der Waals surface area contributed by atoms with Crippen LogP contribution in [-0.4, -0.2) is 17.0 Å². The van der Waals surface area contributed by atoms with Crippen LogP contribution in [0.3, 0.4) is 0 Å². The van der Waals surface area contributed by atoms with Crippen molar-refractivity contribution in [2.24, 2.45) is 5.73 Å². The number of aromatic amines is 1. The van der Waals surface area contributed by atoms with E-state index in [0.29, 0.717) is 28.0 Å². The van der Waals surface area contributed by atoms with Crippen molar-refractivity contribution in [3.05, 3.63) is 70.1 Å². The lowest BCUT2D eigenvalue weighted by atomic mass is 9.83. The number of nitrogens with one attached hydrogen (secondary N) is 1. The number of rotatable bonds is 2. The number of H-pyrrole nitrogens is 1. The Morgan fingerprint density at radius 1 is 1.14 bits per heavy atom. The molecule has 2 aromatic carbocycles. The van der Waals surface area contributed by atoms with Crippen molar-refractivity contribution in [3.8, 4) is 34.7 Å². The van der Waals surface area contributed by atoms with E-state index in [4.69, 9.17) is 31.5 Å². The third-order valence-electron chi connectivity index (χ3n) is 4.80. The molecule has 0 bridgehead atoms. The fourth-order valence-corrected chi connectivity index (χ4v) is 3.63. The minimum atomic E-state index is -0.465. The first-order chi connectivity index (χ1) is 13.7. The highest BCUT2D eigenvalue weighted by Crippen LogP contribution is 2.47. The zero-order valence-corrected chi connectivity index (χ0v) is 15.2. The number of nitrogens with zero attached hydrogens (tertiary/aromatic N) is 2. The van der Waals surface area contributed by atoms with Gasteiger partial charge in [0.05, 0.1) is 17.2 Å². The number of nitrogens with two attached hydrogens (primary N) is 1. The normalized spacial score (nSPS) is 17.1. The Kier molecular flexibility index (Phi) is 3.67. The topological polar surface area (TPSA) is 106 Å². The number of hydrogen-bond donors (Lipinski definition) is 2. The molecule has 0 spiro atoms. The number of allylic oxidation sites excluding steroid dienone is 1. The number of hydrogen-bond acceptors (Lipinski definition) is 6. The monoisotopic (exact) mass is 392 g/mol. The Morgan fingerprint density at radius 3 is 2.71 bits per heavy atom. The van der Waals surface area contributed by atoms with E-state index in [1.165, 1.54) is 0 Å². The molecule has 0 saturated carbocycles. The summed E-state index contributed by atoms with van der Waals surface area (Å²) in [6, 6.07) is 15.1. The highest BCUT2D eigenvalue weighted by atomic mass is 35.5. The molecule has 1 unspecified atom stereocenters. The fourth-order valence-electron chi connectivity index (χ4n) is 3.51. The molecule has 2 aliphatic rings. The summed E-state index contributed by atoms with van der Waals surface area (Å²) in [7, 11) is 0. The van der Waals surface area contributed by atoms with Crippen LogP contribution in [-0.2, 0) is 0 Å². The van der Waals surface area contributed by atoms with Gasteiger partial charge >= 0.3 is 0 Å². The van der Waals surface area contributed by atoms with E-state index < -0.39 is 5.92 Å². The van der Waals surface area contributed by atoms with E-state index in [0.717, 1.165) is 22.4 Å².